The Morgan fingerprint density at radius 2 is 1.89 bits per heavy atom. The summed E-state index contributed by atoms with van der Waals surface area (Å²) in [6.45, 7) is 4.55. The van der Waals surface area contributed by atoms with Crippen molar-refractivity contribution in [2.24, 2.45) is 5.92 Å². The quantitative estimate of drug-likeness (QED) is 0.144. The third-order valence-electron chi connectivity index (χ3n) is 5.59. The predicted molar refractivity (Wildman–Crippen MR) is 144 cm³/mol. The Labute approximate surface area is 217 Å². The minimum atomic E-state index is -0.443. The number of aromatic nitrogens is 2. The van der Waals surface area contributed by atoms with E-state index in [1.165, 1.54) is 28.5 Å². The van der Waals surface area contributed by atoms with Gasteiger partial charge in [0.1, 0.15) is 5.75 Å². The van der Waals surface area contributed by atoms with E-state index in [2.05, 4.69) is 5.32 Å². The molecule has 4 aromatic rings. The van der Waals surface area contributed by atoms with E-state index in [-0.39, 0.29) is 17.2 Å². The van der Waals surface area contributed by atoms with Crippen molar-refractivity contribution < 1.29 is 14.5 Å². The highest BCUT2D eigenvalue weighted by Gasteiger charge is 2.17. The van der Waals surface area contributed by atoms with Crippen LogP contribution in [0.15, 0.2) is 76.7 Å². The van der Waals surface area contributed by atoms with Crippen molar-refractivity contribution in [3.8, 4) is 11.4 Å². The summed E-state index contributed by atoms with van der Waals surface area (Å²) >= 11 is 1.28. The number of fused-ring (bicyclic) bond motifs is 1. The van der Waals surface area contributed by atoms with Crippen molar-refractivity contribution in [1.82, 2.24) is 14.9 Å². The van der Waals surface area contributed by atoms with Crippen molar-refractivity contribution in [2.45, 2.75) is 24.8 Å². The fourth-order valence-corrected chi connectivity index (χ4v) is 4.62. The van der Waals surface area contributed by atoms with Crippen LogP contribution in [0.25, 0.3) is 16.6 Å². The molecule has 0 aliphatic carbocycles. The van der Waals surface area contributed by atoms with Crippen LogP contribution in [0.3, 0.4) is 0 Å². The van der Waals surface area contributed by atoms with Crippen LogP contribution in [-0.4, -0.2) is 34.0 Å². The van der Waals surface area contributed by atoms with Crippen molar-refractivity contribution in [1.29, 1.82) is 0 Å². The number of nitrogens with one attached hydrogen (secondary N) is 1. The second-order valence-electron chi connectivity index (χ2n) is 8.78. The van der Waals surface area contributed by atoms with Gasteiger partial charge >= 0.3 is 0 Å². The van der Waals surface area contributed by atoms with Crippen LogP contribution in [-0.2, 0) is 5.75 Å². The number of carbonyl (C=O) groups is 1. The lowest BCUT2D eigenvalue weighted by Gasteiger charge is -2.14. The Morgan fingerprint density at radius 3 is 2.57 bits per heavy atom. The van der Waals surface area contributed by atoms with Gasteiger partial charge in [-0.25, -0.2) is 4.98 Å². The van der Waals surface area contributed by atoms with Gasteiger partial charge in [-0.1, -0.05) is 37.7 Å². The number of benzene rings is 3. The summed E-state index contributed by atoms with van der Waals surface area (Å²) in [5.41, 5.74) is 1.84. The molecule has 0 saturated heterocycles. The normalized spacial score (nSPS) is 11.0. The summed E-state index contributed by atoms with van der Waals surface area (Å²) in [4.78, 5) is 41.7. The van der Waals surface area contributed by atoms with Gasteiger partial charge < -0.3 is 10.1 Å². The van der Waals surface area contributed by atoms with E-state index in [1.54, 1.807) is 61.7 Å². The monoisotopic (exact) mass is 518 g/mol. The van der Waals surface area contributed by atoms with Crippen LogP contribution in [0.2, 0.25) is 0 Å². The van der Waals surface area contributed by atoms with E-state index >= 15 is 0 Å². The van der Waals surface area contributed by atoms with Gasteiger partial charge in [-0.15, -0.1) is 0 Å². The van der Waals surface area contributed by atoms with Gasteiger partial charge in [-0.2, -0.15) is 0 Å². The molecule has 0 saturated carbocycles. The molecule has 1 aromatic heterocycles. The predicted octanol–water partition coefficient (Wildman–Crippen LogP) is 4.98. The molecule has 10 heteroatoms. The summed E-state index contributed by atoms with van der Waals surface area (Å²) in [6.07, 6.45) is 0. The fourth-order valence-electron chi connectivity index (χ4n) is 3.67. The molecule has 0 unspecified atom stereocenters. The lowest BCUT2D eigenvalue weighted by atomic mass is 10.1. The third-order valence-corrected chi connectivity index (χ3v) is 6.60. The average molecular weight is 519 g/mol. The molecule has 4 rings (SSSR count). The molecule has 1 N–H and O–H groups in total. The Hall–Kier alpha value is -4.18. The molecule has 0 fully saturated rings. The molecule has 0 spiro atoms. The SMILES string of the molecule is COc1ccc(-n2c(SCc3cccc([N+](=O)[O-])c3)nc3cc(C(=O)NCC(C)C)ccc3c2=O)cc1. The van der Waals surface area contributed by atoms with E-state index in [1.807, 2.05) is 13.8 Å². The molecule has 0 atom stereocenters. The first-order chi connectivity index (χ1) is 17.8. The number of methoxy groups -OCH3 is 1. The van der Waals surface area contributed by atoms with Gasteiger partial charge in [0.15, 0.2) is 5.16 Å². The largest absolute Gasteiger partial charge is 0.497 e. The summed E-state index contributed by atoms with van der Waals surface area (Å²) in [7, 11) is 1.56. The molecule has 1 heterocycles. The van der Waals surface area contributed by atoms with E-state index in [4.69, 9.17) is 9.72 Å². The van der Waals surface area contributed by atoms with Crippen LogP contribution in [0.1, 0.15) is 29.8 Å². The number of nitro groups is 1. The molecular weight excluding hydrogens is 492 g/mol. The highest BCUT2D eigenvalue weighted by atomic mass is 32.2. The van der Waals surface area contributed by atoms with Gasteiger partial charge in [-0.3, -0.25) is 24.3 Å². The molecule has 3 aromatic carbocycles. The zero-order valence-corrected chi connectivity index (χ0v) is 21.5. The second kappa shape index (κ2) is 11.3. The highest BCUT2D eigenvalue weighted by molar-refractivity contribution is 7.98. The number of hydrogen-bond donors (Lipinski definition) is 1. The van der Waals surface area contributed by atoms with Gasteiger partial charge in [-0.05, 0) is 53.9 Å². The lowest BCUT2D eigenvalue weighted by Crippen LogP contribution is -2.27. The molecule has 9 nitrogen and oxygen atoms in total. The van der Waals surface area contributed by atoms with Crippen molar-refractivity contribution >= 4 is 34.3 Å². The van der Waals surface area contributed by atoms with Gasteiger partial charge in [0, 0.05) is 30.0 Å². The number of carbonyl (C=O) groups excluding carboxylic acids is 1. The van der Waals surface area contributed by atoms with Gasteiger partial charge in [0.25, 0.3) is 17.2 Å². The number of thioether (sulfide) groups is 1. The maximum atomic E-state index is 13.6. The molecule has 1 amide bonds. The number of hydrogen-bond acceptors (Lipinski definition) is 7. The standard InChI is InChI=1S/C27H26N4O5S/c1-17(2)15-28-25(32)19-7-12-23-24(14-19)29-27(37-16-18-5-4-6-21(13-18)31(34)35)30(26(23)33)20-8-10-22(36-3)11-9-20/h4-14,17H,15-16H2,1-3H3,(H,28,32). The number of ether oxygens (including phenoxy) is 1. The van der Waals surface area contributed by atoms with Crippen LogP contribution in [0, 0.1) is 16.0 Å². The molecule has 190 valence electrons. The number of rotatable bonds is 9. The van der Waals surface area contributed by atoms with Crippen molar-refractivity contribution in [3.63, 3.8) is 0 Å². The van der Waals surface area contributed by atoms with Crippen LogP contribution < -0.4 is 15.6 Å². The third kappa shape index (κ3) is 5.97. The molecular formula is C27H26N4O5S. The molecule has 0 aliphatic heterocycles. The van der Waals surface area contributed by atoms with Gasteiger partial charge in [0.05, 0.1) is 28.6 Å². The van der Waals surface area contributed by atoms with Crippen LogP contribution in [0.5, 0.6) is 5.75 Å². The Balaban J connectivity index is 1.78. The lowest BCUT2D eigenvalue weighted by molar-refractivity contribution is -0.384. The minimum Gasteiger partial charge on any atom is -0.497 e. The molecule has 37 heavy (non-hydrogen) atoms. The van der Waals surface area contributed by atoms with Crippen LogP contribution >= 0.6 is 11.8 Å². The van der Waals surface area contributed by atoms with Crippen molar-refractivity contribution in [3.05, 3.63) is 98.3 Å². The summed E-state index contributed by atoms with van der Waals surface area (Å²) < 4.78 is 6.74. The summed E-state index contributed by atoms with van der Waals surface area (Å²) in [5, 5.41) is 14.8. The van der Waals surface area contributed by atoms with Crippen LogP contribution in [0.4, 0.5) is 5.69 Å². The topological polar surface area (TPSA) is 116 Å². The average Bonchev–Trinajstić information content (AvgIpc) is 2.90. The Bertz CT molecular complexity index is 1520. The van der Waals surface area contributed by atoms with E-state index < -0.39 is 4.92 Å². The second-order valence-corrected chi connectivity index (χ2v) is 9.73. The number of amides is 1. The number of nitrogens with zero attached hydrogens (tertiary/aromatic N) is 3. The molecule has 0 aliphatic rings. The summed E-state index contributed by atoms with van der Waals surface area (Å²) in [6, 6.07) is 18.2. The summed E-state index contributed by atoms with van der Waals surface area (Å²) in [5.74, 6) is 1.07. The van der Waals surface area contributed by atoms with E-state index in [0.717, 1.165) is 5.56 Å². The highest BCUT2D eigenvalue weighted by Crippen LogP contribution is 2.27. The first-order valence-electron chi connectivity index (χ1n) is 11.6. The number of non-ortho nitro benzene ring substituents is 1. The maximum absolute atomic E-state index is 13.6. The first-order valence-corrected chi connectivity index (χ1v) is 12.6. The minimum absolute atomic E-state index is 0.00540. The van der Waals surface area contributed by atoms with E-state index in [9.17, 15) is 19.7 Å². The Morgan fingerprint density at radius 1 is 1.14 bits per heavy atom. The van der Waals surface area contributed by atoms with Gasteiger partial charge in [0.2, 0.25) is 0 Å². The number of nitro benzene ring substituents is 1. The zero-order valence-electron chi connectivity index (χ0n) is 20.6. The fraction of sp³-hybridized carbons (Fsp3) is 0.222. The Kier molecular flexibility index (Phi) is 7.88. The first kappa shape index (κ1) is 25.9. The smallest absolute Gasteiger partial charge is 0.269 e. The zero-order chi connectivity index (χ0) is 26.5. The molecule has 0 bridgehead atoms. The van der Waals surface area contributed by atoms with E-state index in [0.29, 0.717) is 51.3 Å². The molecule has 0 radical (unpaired) electrons. The maximum Gasteiger partial charge on any atom is 0.269 e. The van der Waals surface area contributed by atoms with Crippen molar-refractivity contribution in [2.75, 3.05) is 13.7 Å².